The Morgan fingerprint density at radius 2 is 1.86 bits per heavy atom. The molecule has 0 aliphatic carbocycles. The van der Waals surface area contributed by atoms with Crippen molar-refractivity contribution in [3.63, 3.8) is 0 Å². The average Bonchev–Trinajstić information content (AvgIpc) is 3.45. The van der Waals surface area contributed by atoms with Gasteiger partial charge in [0.1, 0.15) is 18.2 Å². The Morgan fingerprint density at radius 1 is 1.05 bits per heavy atom. The average molecular weight is 587 g/mol. The van der Waals surface area contributed by atoms with Gasteiger partial charge in [0, 0.05) is 70.3 Å². The fraction of sp³-hybridized carbons (Fsp3) is 0.633. The first-order chi connectivity index (χ1) is 20.7. The number of piperidine rings is 1. The predicted molar refractivity (Wildman–Crippen MR) is 160 cm³/mol. The van der Waals surface area contributed by atoms with Crippen molar-refractivity contribution in [2.45, 2.75) is 64.3 Å². The van der Waals surface area contributed by atoms with Gasteiger partial charge in [0.25, 0.3) is 0 Å². The quantitative estimate of drug-likeness (QED) is 0.158. The summed E-state index contributed by atoms with van der Waals surface area (Å²) in [5, 5.41) is 17.8. The summed E-state index contributed by atoms with van der Waals surface area (Å²) in [5.74, 6) is 2.36. The predicted octanol–water partition coefficient (Wildman–Crippen LogP) is 3.46. The fourth-order valence-electron chi connectivity index (χ4n) is 5.10. The van der Waals surface area contributed by atoms with Gasteiger partial charge in [-0.15, -0.1) is 0 Å². The first-order valence-electron chi connectivity index (χ1n) is 14.9. The standard InChI is InChI=1S/C30H46N6O6/c1-4-24-22-33-36-26(19-27(34-30(24)36)35-12-6-5-7-25(35)10-13-37)31-20-23-8-9-28(32-21-23)42-18-17-41-16-15-40-14-11-29(38-2)39-3/h8-9,19,21-22,25,29,31,37H,4-7,10-18,20H2,1-3H3/t25-/m0/s1. The van der Waals surface area contributed by atoms with E-state index in [9.17, 15) is 5.11 Å². The molecule has 12 heteroatoms. The Hall–Kier alpha value is -3.03. The highest BCUT2D eigenvalue weighted by Gasteiger charge is 2.25. The molecule has 3 aromatic rings. The van der Waals surface area contributed by atoms with E-state index in [4.69, 9.17) is 28.7 Å². The highest BCUT2D eigenvalue weighted by atomic mass is 16.7. The van der Waals surface area contributed by atoms with Gasteiger partial charge in [-0.25, -0.2) is 9.97 Å². The maximum atomic E-state index is 9.62. The molecule has 2 N–H and O–H groups in total. The number of aliphatic hydroxyl groups is 1. The summed E-state index contributed by atoms with van der Waals surface area (Å²) >= 11 is 0. The number of anilines is 2. The van der Waals surface area contributed by atoms with E-state index in [1.807, 2.05) is 29.0 Å². The number of hydrogen-bond acceptors (Lipinski definition) is 11. The maximum absolute atomic E-state index is 9.62. The first kappa shape index (κ1) is 31.9. The van der Waals surface area contributed by atoms with Gasteiger partial charge in [-0.3, -0.25) is 0 Å². The summed E-state index contributed by atoms with van der Waals surface area (Å²) in [5.41, 5.74) is 3.00. The third-order valence-electron chi connectivity index (χ3n) is 7.44. The number of nitrogens with zero attached hydrogens (tertiary/aromatic N) is 5. The second kappa shape index (κ2) is 17.2. The summed E-state index contributed by atoms with van der Waals surface area (Å²) in [6.45, 7) is 6.22. The molecule has 4 rings (SSSR count). The number of ether oxygens (including phenoxy) is 5. The van der Waals surface area contributed by atoms with Crippen molar-refractivity contribution >= 4 is 17.3 Å². The molecule has 42 heavy (non-hydrogen) atoms. The minimum Gasteiger partial charge on any atom is -0.475 e. The topological polar surface area (TPSA) is 125 Å². The van der Waals surface area contributed by atoms with E-state index in [1.54, 1.807) is 14.2 Å². The van der Waals surface area contributed by atoms with Crippen LogP contribution >= 0.6 is 0 Å². The number of rotatable bonds is 19. The van der Waals surface area contributed by atoms with Crippen LogP contribution in [0.4, 0.5) is 11.6 Å². The van der Waals surface area contributed by atoms with Crippen LogP contribution in [0.1, 0.15) is 50.2 Å². The lowest BCUT2D eigenvalue weighted by atomic mass is 9.99. The van der Waals surface area contributed by atoms with E-state index in [0.29, 0.717) is 57.9 Å². The van der Waals surface area contributed by atoms with E-state index in [0.717, 1.165) is 60.6 Å². The zero-order valence-electron chi connectivity index (χ0n) is 25.2. The van der Waals surface area contributed by atoms with Crippen LogP contribution in [-0.4, -0.2) is 97.4 Å². The molecule has 0 spiro atoms. The van der Waals surface area contributed by atoms with Gasteiger partial charge in [0.2, 0.25) is 5.88 Å². The van der Waals surface area contributed by atoms with Crippen LogP contribution < -0.4 is 15.0 Å². The zero-order chi connectivity index (χ0) is 29.6. The number of nitrogens with one attached hydrogen (secondary N) is 1. The second-order valence-electron chi connectivity index (χ2n) is 10.2. The highest BCUT2D eigenvalue weighted by molar-refractivity contribution is 5.61. The molecular formula is C30H46N6O6. The smallest absolute Gasteiger partial charge is 0.213 e. The van der Waals surface area contributed by atoms with Gasteiger partial charge < -0.3 is 39.0 Å². The van der Waals surface area contributed by atoms with E-state index in [2.05, 4.69) is 33.3 Å². The van der Waals surface area contributed by atoms with E-state index < -0.39 is 0 Å². The van der Waals surface area contributed by atoms with Crippen LogP contribution in [0.5, 0.6) is 5.88 Å². The first-order valence-corrected chi connectivity index (χ1v) is 14.9. The van der Waals surface area contributed by atoms with Crippen molar-refractivity contribution in [3.05, 3.63) is 41.7 Å². The van der Waals surface area contributed by atoms with Gasteiger partial charge in [-0.05, 0) is 37.7 Å². The molecule has 1 aliphatic heterocycles. The molecule has 0 saturated carbocycles. The number of methoxy groups -OCH3 is 2. The molecule has 232 valence electrons. The molecule has 1 saturated heterocycles. The van der Waals surface area contributed by atoms with Crippen molar-refractivity contribution in [2.24, 2.45) is 0 Å². The van der Waals surface area contributed by atoms with Gasteiger partial charge in [-0.2, -0.15) is 9.61 Å². The normalized spacial score (nSPS) is 15.5. The molecule has 1 fully saturated rings. The van der Waals surface area contributed by atoms with Crippen molar-refractivity contribution in [3.8, 4) is 5.88 Å². The Kier molecular flexibility index (Phi) is 13.0. The van der Waals surface area contributed by atoms with Crippen LogP contribution in [0, 0.1) is 0 Å². The van der Waals surface area contributed by atoms with Crippen LogP contribution in [0.25, 0.3) is 5.65 Å². The Labute approximate surface area is 248 Å². The van der Waals surface area contributed by atoms with Gasteiger partial charge in [-0.1, -0.05) is 13.0 Å². The van der Waals surface area contributed by atoms with Crippen LogP contribution in [0.3, 0.4) is 0 Å². The molecular weight excluding hydrogens is 540 g/mol. The molecule has 0 radical (unpaired) electrons. The van der Waals surface area contributed by atoms with Crippen molar-refractivity contribution in [1.29, 1.82) is 0 Å². The lowest BCUT2D eigenvalue weighted by molar-refractivity contribution is -0.116. The lowest BCUT2D eigenvalue weighted by Gasteiger charge is -2.36. The maximum Gasteiger partial charge on any atom is 0.213 e. The summed E-state index contributed by atoms with van der Waals surface area (Å²) < 4.78 is 28.9. The monoisotopic (exact) mass is 586 g/mol. The number of aromatic nitrogens is 4. The van der Waals surface area contributed by atoms with Crippen molar-refractivity contribution in [2.75, 3.05) is 70.6 Å². The number of fused-ring (bicyclic) bond motifs is 1. The van der Waals surface area contributed by atoms with Crippen LogP contribution in [0.2, 0.25) is 0 Å². The lowest BCUT2D eigenvalue weighted by Crippen LogP contribution is -2.40. The third kappa shape index (κ3) is 8.98. The molecule has 0 bridgehead atoms. The molecule has 12 nitrogen and oxygen atoms in total. The molecule has 1 atom stereocenters. The fourth-order valence-corrected chi connectivity index (χ4v) is 5.10. The van der Waals surface area contributed by atoms with Crippen LogP contribution in [-0.2, 0) is 31.9 Å². The van der Waals surface area contributed by atoms with E-state index >= 15 is 0 Å². The molecule has 1 aliphatic rings. The Balaban J connectivity index is 1.26. The highest BCUT2D eigenvalue weighted by Crippen LogP contribution is 2.29. The van der Waals surface area contributed by atoms with Gasteiger partial charge >= 0.3 is 0 Å². The van der Waals surface area contributed by atoms with Crippen molar-refractivity contribution < 1.29 is 28.8 Å². The number of aliphatic hydroxyl groups excluding tert-OH is 1. The Bertz CT molecular complexity index is 1190. The molecule has 3 aromatic heterocycles. The minimum atomic E-state index is -0.241. The van der Waals surface area contributed by atoms with Crippen molar-refractivity contribution in [1.82, 2.24) is 19.6 Å². The summed E-state index contributed by atoms with van der Waals surface area (Å²) in [6, 6.07) is 6.23. The Morgan fingerprint density at radius 3 is 2.60 bits per heavy atom. The number of hydrogen-bond donors (Lipinski definition) is 2. The minimum absolute atomic E-state index is 0.182. The summed E-state index contributed by atoms with van der Waals surface area (Å²) in [4.78, 5) is 11.8. The zero-order valence-corrected chi connectivity index (χ0v) is 25.2. The van der Waals surface area contributed by atoms with Gasteiger partial charge in [0.15, 0.2) is 11.9 Å². The van der Waals surface area contributed by atoms with E-state index in [-0.39, 0.29) is 12.9 Å². The summed E-state index contributed by atoms with van der Waals surface area (Å²) in [7, 11) is 3.22. The molecule has 4 heterocycles. The third-order valence-corrected chi connectivity index (χ3v) is 7.44. The number of aryl methyl sites for hydroxylation is 1. The largest absolute Gasteiger partial charge is 0.475 e. The SMILES string of the molecule is CCc1cnn2c(NCc3ccc(OCCOCCOCCC(OC)OC)nc3)cc(N3CCCC[C@H]3CCO)nc12. The number of pyridine rings is 1. The van der Waals surface area contributed by atoms with Crippen LogP contribution in [0.15, 0.2) is 30.6 Å². The summed E-state index contributed by atoms with van der Waals surface area (Å²) in [6.07, 6.45) is 9.13. The second-order valence-corrected chi connectivity index (χ2v) is 10.2. The molecule has 0 unspecified atom stereocenters. The molecule has 0 amide bonds. The van der Waals surface area contributed by atoms with E-state index in [1.165, 1.54) is 6.42 Å². The van der Waals surface area contributed by atoms with Gasteiger partial charge in [0.05, 0.1) is 32.6 Å². The molecule has 0 aromatic carbocycles.